The van der Waals surface area contributed by atoms with Crippen LogP contribution in [0.15, 0.2) is 17.1 Å². The summed E-state index contributed by atoms with van der Waals surface area (Å²) in [4.78, 5) is 4.43. The summed E-state index contributed by atoms with van der Waals surface area (Å²) >= 11 is 0. The first kappa shape index (κ1) is 18.7. The maximum absolute atomic E-state index is 9.86. The predicted molar refractivity (Wildman–Crippen MR) is 96.2 cm³/mol. The molecule has 1 unspecified atom stereocenters. The number of aliphatic hydroxyl groups is 1. The number of rotatable bonds is 8. The van der Waals surface area contributed by atoms with Crippen molar-refractivity contribution in [2.75, 3.05) is 26.3 Å². The smallest absolute Gasteiger partial charge is 0.191 e. The van der Waals surface area contributed by atoms with Crippen molar-refractivity contribution in [3.63, 3.8) is 0 Å². The van der Waals surface area contributed by atoms with Crippen LogP contribution in [-0.4, -0.2) is 49.5 Å². The number of guanidine groups is 1. The fraction of sp³-hybridized carbons (Fsp3) is 0.800. The summed E-state index contributed by atoms with van der Waals surface area (Å²) in [7, 11) is 0. The molecule has 122 valence electrons. The molecule has 3 N–H and O–H groups in total. The molecule has 0 amide bonds. The van der Waals surface area contributed by atoms with Gasteiger partial charge in [-0.1, -0.05) is 12.2 Å². The largest absolute Gasteiger partial charge is 0.389 e. The van der Waals surface area contributed by atoms with Crippen molar-refractivity contribution in [3.05, 3.63) is 12.2 Å². The first-order chi connectivity index (χ1) is 9.78. The van der Waals surface area contributed by atoms with Crippen LogP contribution in [0.1, 0.15) is 32.6 Å². The minimum Gasteiger partial charge on any atom is -0.389 e. The molecule has 2 aliphatic rings. The van der Waals surface area contributed by atoms with Crippen molar-refractivity contribution in [1.29, 1.82) is 0 Å². The summed E-state index contributed by atoms with van der Waals surface area (Å²) in [6.45, 7) is 4.40. The number of halogens is 1. The Morgan fingerprint density at radius 2 is 2.10 bits per heavy atom. The van der Waals surface area contributed by atoms with Crippen LogP contribution in [0.25, 0.3) is 0 Å². The first-order valence-electron chi connectivity index (χ1n) is 7.73. The summed E-state index contributed by atoms with van der Waals surface area (Å²) in [6.07, 6.45) is 8.47. The second-order valence-electron chi connectivity index (χ2n) is 5.64. The molecule has 0 bridgehead atoms. The summed E-state index contributed by atoms with van der Waals surface area (Å²) in [5.74, 6) is 1.52. The number of aliphatic hydroxyl groups excluding tert-OH is 1. The minimum atomic E-state index is -0.522. The molecule has 6 heteroatoms. The van der Waals surface area contributed by atoms with E-state index in [-0.39, 0.29) is 24.0 Å². The summed E-state index contributed by atoms with van der Waals surface area (Å²) in [6, 6.07) is 0.427. The highest BCUT2D eigenvalue weighted by molar-refractivity contribution is 14.0. The van der Waals surface area contributed by atoms with Gasteiger partial charge >= 0.3 is 0 Å². The molecule has 0 radical (unpaired) electrons. The van der Waals surface area contributed by atoms with E-state index in [1.54, 1.807) is 0 Å². The van der Waals surface area contributed by atoms with Gasteiger partial charge in [-0.25, -0.2) is 0 Å². The molecule has 2 rings (SSSR count). The van der Waals surface area contributed by atoms with Crippen LogP contribution in [0, 0.1) is 5.92 Å². The third kappa shape index (κ3) is 8.01. The Morgan fingerprint density at radius 1 is 1.38 bits per heavy atom. The van der Waals surface area contributed by atoms with E-state index in [1.165, 1.54) is 12.8 Å². The summed E-state index contributed by atoms with van der Waals surface area (Å²) in [5, 5.41) is 16.4. The lowest BCUT2D eigenvalue weighted by molar-refractivity contribution is 0.0368. The fourth-order valence-corrected chi connectivity index (χ4v) is 2.15. The minimum absolute atomic E-state index is 0. The van der Waals surface area contributed by atoms with Gasteiger partial charge in [0, 0.05) is 19.2 Å². The number of nitrogens with zero attached hydrogens (tertiary/aromatic N) is 1. The lowest BCUT2D eigenvalue weighted by atomic mass is 10.2. The van der Waals surface area contributed by atoms with Crippen LogP contribution < -0.4 is 10.6 Å². The summed E-state index contributed by atoms with van der Waals surface area (Å²) in [5.41, 5.74) is 0. The standard InChI is InChI=1S/C15H27N3O2.HI/c1-2-16-15(18-13-5-3-4-6-13)17-9-14(19)11-20-10-12-7-8-12;/h3-4,12-14,19H,2,5-11H2,1H3,(H2,16,17,18);1H. The Kier molecular flexibility index (Phi) is 9.26. The van der Waals surface area contributed by atoms with Crippen LogP contribution >= 0.6 is 24.0 Å². The molecular formula is C15H28IN3O2. The van der Waals surface area contributed by atoms with E-state index < -0.39 is 6.10 Å². The van der Waals surface area contributed by atoms with E-state index in [2.05, 4.69) is 27.8 Å². The normalized spacial score (nSPS) is 20.2. The first-order valence-corrected chi connectivity index (χ1v) is 7.73. The van der Waals surface area contributed by atoms with Gasteiger partial charge in [-0.15, -0.1) is 24.0 Å². The van der Waals surface area contributed by atoms with Gasteiger partial charge in [-0.05, 0) is 38.5 Å². The molecule has 0 aromatic heterocycles. The van der Waals surface area contributed by atoms with Crippen molar-refractivity contribution in [3.8, 4) is 0 Å². The molecule has 0 aromatic carbocycles. The molecule has 5 nitrogen and oxygen atoms in total. The maximum atomic E-state index is 9.86. The van der Waals surface area contributed by atoms with Crippen LogP contribution in [0.2, 0.25) is 0 Å². The molecule has 1 atom stereocenters. The highest BCUT2D eigenvalue weighted by atomic mass is 127. The predicted octanol–water partition coefficient (Wildman–Crippen LogP) is 1.67. The quantitative estimate of drug-likeness (QED) is 0.247. The van der Waals surface area contributed by atoms with Crippen molar-refractivity contribution in [2.45, 2.75) is 44.8 Å². The second kappa shape index (κ2) is 10.4. The Balaban J connectivity index is 0.00000220. The van der Waals surface area contributed by atoms with Crippen molar-refractivity contribution >= 4 is 29.9 Å². The zero-order valence-electron chi connectivity index (χ0n) is 12.8. The van der Waals surface area contributed by atoms with Gasteiger partial charge in [-0.3, -0.25) is 4.99 Å². The van der Waals surface area contributed by atoms with Gasteiger partial charge in [-0.2, -0.15) is 0 Å². The lowest BCUT2D eigenvalue weighted by Gasteiger charge is -2.17. The summed E-state index contributed by atoms with van der Waals surface area (Å²) < 4.78 is 5.47. The van der Waals surface area contributed by atoms with E-state index in [4.69, 9.17) is 4.74 Å². The zero-order chi connectivity index (χ0) is 14.2. The van der Waals surface area contributed by atoms with Crippen molar-refractivity contribution < 1.29 is 9.84 Å². The molecule has 0 aliphatic heterocycles. The van der Waals surface area contributed by atoms with Crippen LogP contribution in [0.3, 0.4) is 0 Å². The third-order valence-electron chi connectivity index (χ3n) is 3.51. The lowest BCUT2D eigenvalue weighted by Crippen LogP contribution is -2.43. The molecule has 1 fully saturated rings. The third-order valence-corrected chi connectivity index (χ3v) is 3.51. The van der Waals surface area contributed by atoms with E-state index in [1.807, 2.05) is 6.92 Å². The fourth-order valence-electron chi connectivity index (χ4n) is 2.15. The van der Waals surface area contributed by atoms with Gasteiger partial charge in [0.2, 0.25) is 0 Å². The number of nitrogens with one attached hydrogen (secondary N) is 2. The van der Waals surface area contributed by atoms with Gasteiger partial charge < -0.3 is 20.5 Å². The number of hydrogen-bond acceptors (Lipinski definition) is 3. The van der Waals surface area contributed by atoms with Gasteiger partial charge in [0.15, 0.2) is 5.96 Å². The molecule has 1 saturated carbocycles. The van der Waals surface area contributed by atoms with Crippen LogP contribution in [0.4, 0.5) is 0 Å². The molecule has 0 spiro atoms. The van der Waals surface area contributed by atoms with Crippen molar-refractivity contribution in [2.24, 2.45) is 10.9 Å². The number of aliphatic imine (C=N–C) groups is 1. The van der Waals surface area contributed by atoms with E-state index >= 15 is 0 Å². The van der Waals surface area contributed by atoms with E-state index in [9.17, 15) is 5.11 Å². The van der Waals surface area contributed by atoms with Gasteiger partial charge in [0.25, 0.3) is 0 Å². The second-order valence-corrected chi connectivity index (χ2v) is 5.64. The number of hydrogen-bond donors (Lipinski definition) is 3. The van der Waals surface area contributed by atoms with Gasteiger partial charge in [0.05, 0.1) is 19.3 Å². The van der Waals surface area contributed by atoms with Gasteiger partial charge in [0.1, 0.15) is 0 Å². The molecule has 21 heavy (non-hydrogen) atoms. The number of ether oxygens (including phenoxy) is 1. The highest BCUT2D eigenvalue weighted by Gasteiger charge is 2.21. The molecular weight excluding hydrogens is 381 g/mol. The Morgan fingerprint density at radius 3 is 2.71 bits per heavy atom. The topological polar surface area (TPSA) is 65.9 Å². The van der Waals surface area contributed by atoms with E-state index in [0.29, 0.717) is 19.2 Å². The van der Waals surface area contributed by atoms with Crippen LogP contribution in [0.5, 0.6) is 0 Å². The Hall–Kier alpha value is -0.340. The maximum Gasteiger partial charge on any atom is 0.191 e. The zero-order valence-corrected chi connectivity index (χ0v) is 15.1. The molecule has 0 saturated heterocycles. The Labute approximate surface area is 144 Å². The molecule has 2 aliphatic carbocycles. The van der Waals surface area contributed by atoms with E-state index in [0.717, 1.165) is 37.9 Å². The Bertz CT molecular complexity index is 338. The van der Waals surface area contributed by atoms with Crippen molar-refractivity contribution in [1.82, 2.24) is 10.6 Å². The molecule has 0 aromatic rings. The highest BCUT2D eigenvalue weighted by Crippen LogP contribution is 2.28. The SMILES string of the molecule is CCNC(=NCC(O)COCC1CC1)NC1CC=CC1.I. The monoisotopic (exact) mass is 409 g/mol. The average molecular weight is 409 g/mol. The molecule has 0 heterocycles. The van der Waals surface area contributed by atoms with Crippen LogP contribution in [-0.2, 0) is 4.74 Å². The average Bonchev–Trinajstić information content (AvgIpc) is 3.11.